The zero-order chi connectivity index (χ0) is 13.8. The first-order chi connectivity index (χ1) is 9.04. The SMILES string of the molecule is CC(C)OC(=O)COc1ccc2c(c1)NC(=O)CO2. The quantitative estimate of drug-likeness (QED) is 0.832. The Labute approximate surface area is 110 Å². The molecule has 0 spiro atoms. The highest BCUT2D eigenvalue weighted by Gasteiger charge is 2.16. The van der Waals surface area contributed by atoms with Gasteiger partial charge in [-0.3, -0.25) is 4.79 Å². The second kappa shape index (κ2) is 5.60. The van der Waals surface area contributed by atoms with Crippen molar-refractivity contribution in [1.82, 2.24) is 0 Å². The molecule has 0 bridgehead atoms. The van der Waals surface area contributed by atoms with E-state index in [-0.39, 0.29) is 25.2 Å². The highest BCUT2D eigenvalue weighted by atomic mass is 16.6. The summed E-state index contributed by atoms with van der Waals surface area (Å²) in [5.74, 6) is 0.388. The maximum absolute atomic E-state index is 11.3. The van der Waals surface area contributed by atoms with Crippen molar-refractivity contribution >= 4 is 17.6 Å². The van der Waals surface area contributed by atoms with Gasteiger partial charge in [-0.05, 0) is 26.0 Å². The molecule has 1 amide bonds. The van der Waals surface area contributed by atoms with Crippen molar-refractivity contribution in [2.45, 2.75) is 20.0 Å². The molecular formula is C13H15NO5. The summed E-state index contributed by atoms with van der Waals surface area (Å²) >= 11 is 0. The van der Waals surface area contributed by atoms with Crippen LogP contribution in [0.15, 0.2) is 18.2 Å². The lowest BCUT2D eigenvalue weighted by atomic mass is 10.2. The van der Waals surface area contributed by atoms with Crippen LogP contribution < -0.4 is 14.8 Å². The summed E-state index contributed by atoms with van der Waals surface area (Å²) in [7, 11) is 0. The van der Waals surface area contributed by atoms with Crippen molar-refractivity contribution in [2.24, 2.45) is 0 Å². The molecule has 1 aromatic rings. The topological polar surface area (TPSA) is 73.9 Å². The summed E-state index contributed by atoms with van der Waals surface area (Å²) in [6, 6.07) is 4.95. The Morgan fingerprint density at radius 1 is 1.47 bits per heavy atom. The molecule has 1 aliphatic rings. The maximum Gasteiger partial charge on any atom is 0.344 e. The molecule has 0 saturated carbocycles. The monoisotopic (exact) mass is 265 g/mol. The number of amides is 1. The van der Waals surface area contributed by atoms with Crippen molar-refractivity contribution in [3.05, 3.63) is 18.2 Å². The van der Waals surface area contributed by atoms with Crippen LogP contribution in [0.1, 0.15) is 13.8 Å². The molecule has 0 aromatic heterocycles. The standard InChI is InChI=1S/C13H15NO5/c1-8(2)19-13(16)7-17-9-3-4-11-10(5-9)14-12(15)6-18-11/h3-5,8H,6-7H2,1-2H3,(H,14,15). The minimum absolute atomic E-state index is 0.00786. The molecule has 1 heterocycles. The van der Waals surface area contributed by atoms with Crippen molar-refractivity contribution in [1.29, 1.82) is 0 Å². The van der Waals surface area contributed by atoms with Gasteiger partial charge < -0.3 is 19.5 Å². The van der Waals surface area contributed by atoms with E-state index in [9.17, 15) is 9.59 Å². The highest BCUT2D eigenvalue weighted by molar-refractivity contribution is 5.95. The molecule has 1 aliphatic heterocycles. The zero-order valence-corrected chi connectivity index (χ0v) is 10.8. The number of carbonyl (C=O) groups is 2. The predicted molar refractivity (Wildman–Crippen MR) is 67.3 cm³/mol. The van der Waals surface area contributed by atoms with E-state index in [1.165, 1.54) is 0 Å². The summed E-state index contributed by atoms with van der Waals surface area (Å²) in [5, 5.41) is 2.66. The Morgan fingerprint density at radius 3 is 3.00 bits per heavy atom. The van der Waals surface area contributed by atoms with E-state index >= 15 is 0 Å². The van der Waals surface area contributed by atoms with Gasteiger partial charge in [-0.25, -0.2) is 4.79 Å². The van der Waals surface area contributed by atoms with Gasteiger partial charge in [0.25, 0.3) is 5.91 Å². The molecule has 2 rings (SSSR count). The molecule has 0 saturated heterocycles. The number of esters is 1. The van der Waals surface area contributed by atoms with Gasteiger partial charge in [0.2, 0.25) is 0 Å². The summed E-state index contributed by atoms with van der Waals surface area (Å²) in [4.78, 5) is 22.5. The number of anilines is 1. The molecular weight excluding hydrogens is 250 g/mol. The largest absolute Gasteiger partial charge is 0.482 e. The Balaban J connectivity index is 1.96. The Bertz CT molecular complexity index is 498. The van der Waals surface area contributed by atoms with E-state index in [1.807, 2.05) is 0 Å². The van der Waals surface area contributed by atoms with E-state index in [1.54, 1.807) is 32.0 Å². The molecule has 0 radical (unpaired) electrons. The fourth-order valence-electron chi connectivity index (χ4n) is 1.59. The third kappa shape index (κ3) is 3.61. The van der Waals surface area contributed by atoms with Crippen molar-refractivity contribution in [3.8, 4) is 11.5 Å². The molecule has 1 N–H and O–H groups in total. The van der Waals surface area contributed by atoms with Crippen molar-refractivity contribution in [2.75, 3.05) is 18.5 Å². The number of rotatable bonds is 4. The second-order valence-corrected chi connectivity index (χ2v) is 4.32. The van der Waals surface area contributed by atoms with Gasteiger partial charge in [0.15, 0.2) is 13.2 Å². The molecule has 102 valence electrons. The number of fused-ring (bicyclic) bond motifs is 1. The fraction of sp³-hybridized carbons (Fsp3) is 0.385. The van der Waals surface area contributed by atoms with Gasteiger partial charge in [-0.15, -0.1) is 0 Å². The van der Waals surface area contributed by atoms with Crippen LogP contribution in [0, 0.1) is 0 Å². The fourth-order valence-corrected chi connectivity index (χ4v) is 1.59. The van der Waals surface area contributed by atoms with Crippen LogP contribution >= 0.6 is 0 Å². The number of benzene rings is 1. The third-order valence-electron chi connectivity index (χ3n) is 2.31. The van der Waals surface area contributed by atoms with Crippen LogP contribution in [-0.4, -0.2) is 31.2 Å². The number of ether oxygens (including phenoxy) is 3. The van der Waals surface area contributed by atoms with Gasteiger partial charge in [0, 0.05) is 6.07 Å². The predicted octanol–water partition coefficient (Wildman–Crippen LogP) is 1.35. The summed E-state index contributed by atoms with van der Waals surface area (Å²) in [5.41, 5.74) is 0.533. The minimum atomic E-state index is -0.437. The highest BCUT2D eigenvalue weighted by Crippen LogP contribution is 2.31. The Kier molecular flexibility index (Phi) is 3.89. The number of hydrogen-bond acceptors (Lipinski definition) is 5. The third-order valence-corrected chi connectivity index (χ3v) is 2.31. The van der Waals surface area contributed by atoms with Crippen molar-refractivity contribution in [3.63, 3.8) is 0 Å². The first-order valence-corrected chi connectivity index (χ1v) is 5.93. The zero-order valence-electron chi connectivity index (χ0n) is 10.8. The van der Waals surface area contributed by atoms with Crippen LogP contribution in [0.4, 0.5) is 5.69 Å². The molecule has 6 nitrogen and oxygen atoms in total. The molecule has 0 aliphatic carbocycles. The lowest BCUT2D eigenvalue weighted by Crippen LogP contribution is -2.25. The average Bonchev–Trinajstić information content (AvgIpc) is 2.35. The molecule has 19 heavy (non-hydrogen) atoms. The van der Waals surface area contributed by atoms with Crippen LogP contribution in [0.2, 0.25) is 0 Å². The van der Waals surface area contributed by atoms with E-state index in [0.717, 1.165) is 0 Å². The first-order valence-electron chi connectivity index (χ1n) is 5.93. The lowest BCUT2D eigenvalue weighted by Gasteiger charge is -2.18. The van der Waals surface area contributed by atoms with E-state index in [2.05, 4.69) is 5.32 Å². The van der Waals surface area contributed by atoms with Crippen molar-refractivity contribution < 1.29 is 23.8 Å². The normalized spacial score (nSPS) is 13.3. The molecule has 1 aromatic carbocycles. The molecule has 6 heteroatoms. The van der Waals surface area contributed by atoms with Crippen LogP contribution in [0.25, 0.3) is 0 Å². The summed E-state index contributed by atoms with van der Waals surface area (Å²) < 4.78 is 15.4. The number of carbonyl (C=O) groups excluding carboxylic acids is 2. The number of nitrogens with one attached hydrogen (secondary N) is 1. The first kappa shape index (κ1) is 13.2. The van der Waals surface area contributed by atoms with Gasteiger partial charge in [0.1, 0.15) is 11.5 Å². The Hall–Kier alpha value is -2.24. The second-order valence-electron chi connectivity index (χ2n) is 4.32. The summed E-state index contributed by atoms with van der Waals surface area (Å²) in [6.07, 6.45) is -0.174. The van der Waals surface area contributed by atoms with E-state index in [4.69, 9.17) is 14.2 Å². The minimum Gasteiger partial charge on any atom is -0.482 e. The van der Waals surface area contributed by atoms with Gasteiger partial charge in [0.05, 0.1) is 11.8 Å². The van der Waals surface area contributed by atoms with Crippen LogP contribution in [0.3, 0.4) is 0 Å². The molecule has 0 fully saturated rings. The molecule has 0 unspecified atom stereocenters. The van der Waals surface area contributed by atoms with Gasteiger partial charge in [-0.1, -0.05) is 0 Å². The van der Waals surface area contributed by atoms with Crippen LogP contribution in [-0.2, 0) is 14.3 Å². The van der Waals surface area contributed by atoms with Gasteiger partial charge >= 0.3 is 5.97 Å². The van der Waals surface area contributed by atoms with E-state index in [0.29, 0.717) is 17.2 Å². The molecule has 0 atom stereocenters. The number of hydrogen-bond donors (Lipinski definition) is 1. The van der Waals surface area contributed by atoms with E-state index < -0.39 is 5.97 Å². The van der Waals surface area contributed by atoms with Crippen LogP contribution in [0.5, 0.6) is 11.5 Å². The average molecular weight is 265 g/mol. The van der Waals surface area contributed by atoms with Gasteiger partial charge in [-0.2, -0.15) is 0 Å². The summed E-state index contributed by atoms with van der Waals surface area (Å²) in [6.45, 7) is 3.37. The Morgan fingerprint density at radius 2 is 2.26 bits per heavy atom. The lowest BCUT2D eigenvalue weighted by molar-refractivity contribution is -0.149. The smallest absolute Gasteiger partial charge is 0.344 e. The maximum atomic E-state index is 11.3.